The van der Waals surface area contributed by atoms with Crippen LogP contribution in [0, 0.1) is 17.1 Å². The Morgan fingerprint density at radius 1 is 1.00 bits per heavy atom. The van der Waals surface area contributed by atoms with E-state index in [1.165, 1.54) is 18.2 Å². The van der Waals surface area contributed by atoms with E-state index in [0.29, 0.717) is 0 Å². The number of pyridine rings is 1. The molecule has 0 radical (unpaired) electrons. The summed E-state index contributed by atoms with van der Waals surface area (Å²) in [4.78, 5) is 3.23. The third-order valence-corrected chi connectivity index (χ3v) is 2.46. The van der Waals surface area contributed by atoms with Crippen molar-refractivity contribution >= 4 is 0 Å². The quantitative estimate of drug-likeness (QED) is 0.736. The van der Waals surface area contributed by atoms with Crippen LogP contribution in [0.15, 0.2) is 36.4 Å². The fraction of sp³-hybridized carbons (Fsp3) is 0.0769. The zero-order valence-corrected chi connectivity index (χ0v) is 9.37. The number of hydrogen-bond acceptors (Lipinski definition) is 2. The second-order valence-corrected chi connectivity index (χ2v) is 3.68. The van der Waals surface area contributed by atoms with Crippen molar-refractivity contribution in [3.8, 4) is 17.2 Å². The maximum atomic E-state index is 13.6. The van der Waals surface area contributed by atoms with E-state index in [-0.39, 0.29) is 11.1 Å². The van der Waals surface area contributed by atoms with Crippen LogP contribution < -0.4 is 0 Å². The van der Waals surface area contributed by atoms with Crippen molar-refractivity contribution < 1.29 is 17.6 Å². The lowest BCUT2D eigenvalue weighted by Gasteiger charge is -2.09. The van der Waals surface area contributed by atoms with Crippen molar-refractivity contribution in [1.82, 2.24) is 4.98 Å². The maximum absolute atomic E-state index is 13.6. The molecule has 0 atom stereocenters. The lowest BCUT2D eigenvalue weighted by molar-refractivity contribution is -0.141. The molecular weight excluding hydrogens is 260 g/mol. The molecule has 19 heavy (non-hydrogen) atoms. The summed E-state index contributed by atoms with van der Waals surface area (Å²) in [5.74, 6) is -0.624. The fourth-order valence-electron chi connectivity index (χ4n) is 1.60. The first kappa shape index (κ1) is 13.0. The van der Waals surface area contributed by atoms with Gasteiger partial charge in [-0.1, -0.05) is 18.2 Å². The van der Waals surface area contributed by atoms with Gasteiger partial charge >= 0.3 is 6.18 Å². The minimum Gasteiger partial charge on any atom is -0.232 e. The van der Waals surface area contributed by atoms with Gasteiger partial charge in [-0.25, -0.2) is 9.37 Å². The Labute approximate surface area is 105 Å². The summed E-state index contributed by atoms with van der Waals surface area (Å²) in [6.45, 7) is 0. The molecule has 6 heteroatoms. The van der Waals surface area contributed by atoms with Crippen LogP contribution in [0.25, 0.3) is 11.1 Å². The second kappa shape index (κ2) is 4.69. The maximum Gasteiger partial charge on any atom is 0.433 e. The summed E-state index contributed by atoms with van der Waals surface area (Å²) in [5.41, 5.74) is -1.56. The first-order valence-corrected chi connectivity index (χ1v) is 5.16. The van der Waals surface area contributed by atoms with Crippen molar-refractivity contribution in [1.29, 1.82) is 5.26 Å². The molecular formula is C13H6F4N2. The number of halogens is 4. The van der Waals surface area contributed by atoms with Gasteiger partial charge in [0.05, 0.1) is 0 Å². The van der Waals surface area contributed by atoms with Gasteiger partial charge in [0, 0.05) is 11.1 Å². The van der Waals surface area contributed by atoms with Crippen molar-refractivity contribution in [3.63, 3.8) is 0 Å². The van der Waals surface area contributed by atoms with Crippen LogP contribution in [0.3, 0.4) is 0 Å². The zero-order chi connectivity index (χ0) is 14.0. The Balaban J connectivity index is 2.61. The topological polar surface area (TPSA) is 36.7 Å². The number of rotatable bonds is 1. The highest BCUT2D eigenvalue weighted by atomic mass is 19.4. The van der Waals surface area contributed by atoms with Gasteiger partial charge in [0.15, 0.2) is 0 Å². The molecule has 2 rings (SSSR count). The van der Waals surface area contributed by atoms with Gasteiger partial charge in [-0.2, -0.15) is 18.4 Å². The Bertz CT molecular complexity index is 656. The molecule has 1 heterocycles. The summed E-state index contributed by atoms with van der Waals surface area (Å²) >= 11 is 0. The Hall–Kier alpha value is -2.42. The molecule has 96 valence electrons. The number of nitrogens with zero attached hydrogens (tertiary/aromatic N) is 2. The fourth-order valence-corrected chi connectivity index (χ4v) is 1.60. The van der Waals surface area contributed by atoms with Crippen LogP contribution in [0.5, 0.6) is 0 Å². The molecule has 0 saturated carbocycles. The molecule has 2 nitrogen and oxygen atoms in total. The SMILES string of the molecule is N#Cc1nc(C(F)(F)F)ccc1-c1ccccc1F. The van der Waals surface area contributed by atoms with Gasteiger partial charge in [-0.15, -0.1) is 0 Å². The Morgan fingerprint density at radius 2 is 1.68 bits per heavy atom. The molecule has 0 amide bonds. The number of aromatic nitrogens is 1. The van der Waals surface area contributed by atoms with E-state index in [9.17, 15) is 17.6 Å². The minimum atomic E-state index is -4.64. The third kappa shape index (κ3) is 2.55. The van der Waals surface area contributed by atoms with Crippen molar-refractivity contribution in [3.05, 3.63) is 53.6 Å². The number of alkyl halides is 3. The van der Waals surface area contributed by atoms with Crippen LogP contribution in [0.4, 0.5) is 17.6 Å². The van der Waals surface area contributed by atoms with Gasteiger partial charge in [-0.05, 0) is 18.2 Å². The standard InChI is InChI=1S/C13H6F4N2/c14-10-4-2-1-3-8(10)9-5-6-12(13(15,16)17)19-11(9)7-18/h1-6H. The number of benzene rings is 1. The third-order valence-electron chi connectivity index (χ3n) is 2.46. The van der Waals surface area contributed by atoms with E-state index in [4.69, 9.17) is 5.26 Å². The van der Waals surface area contributed by atoms with Crippen LogP contribution in [-0.4, -0.2) is 4.98 Å². The zero-order valence-electron chi connectivity index (χ0n) is 9.37. The summed E-state index contributed by atoms with van der Waals surface area (Å²) in [6, 6.07) is 8.84. The second-order valence-electron chi connectivity index (χ2n) is 3.68. The van der Waals surface area contributed by atoms with Crippen molar-refractivity contribution in [2.24, 2.45) is 0 Å². The lowest BCUT2D eigenvalue weighted by atomic mass is 10.0. The molecule has 0 bridgehead atoms. The average molecular weight is 266 g/mol. The number of nitriles is 1. The molecule has 0 aliphatic heterocycles. The molecule has 0 N–H and O–H groups in total. The molecule has 1 aromatic carbocycles. The van der Waals surface area contributed by atoms with E-state index in [1.54, 1.807) is 6.07 Å². The van der Waals surface area contributed by atoms with Crippen molar-refractivity contribution in [2.45, 2.75) is 6.18 Å². The van der Waals surface area contributed by atoms with Gasteiger partial charge in [0.2, 0.25) is 0 Å². The van der Waals surface area contributed by atoms with Gasteiger partial charge in [0.25, 0.3) is 0 Å². The van der Waals surface area contributed by atoms with Crippen molar-refractivity contribution in [2.75, 3.05) is 0 Å². The highest BCUT2D eigenvalue weighted by Gasteiger charge is 2.33. The normalized spacial score (nSPS) is 11.1. The highest BCUT2D eigenvalue weighted by Crippen LogP contribution is 2.31. The molecule has 0 aliphatic carbocycles. The predicted molar refractivity (Wildman–Crippen MR) is 59.3 cm³/mol. The average Bonchev–Trinajstić information content (AvgIpc) is 2.37. The molecule has 0 saturated heterocycles. The lowest BCUT2D eigenvalue weighted by Crippen LogP contribution is -2.09. The molecule has 1 aromatic heterocycles. The summed E-state index contributed by atoms with van der Waals surface area (Å²) in [5, 5.41) is 8.86. The van der Waals surface area contributed by atoms with E-state index in [1.807, 2.05) is 0 Å². The van der Waals surface area contributed by atoms with Crippen LogP contribution in [-0.2, 0) is 6.18 Å². The number of hydrogen-bond donors (Lipinski definition) is 0. The van der Waals surface area contributed by atoms with Gasteiger partial charge in [-0.3, -0.25) is 0 Å². The monoisotopic (exact) mass is 266 g/mol. The molecule has 2 aromatic rings. The first-order chi connectivity index (χ1) is 8.93. The van der Waals surface area contributed by atoms with Crippen LogP contribution >= 0.6 is 0 Å². The van der Waals surface area contributed by atoms with E-state index >= 15 is 0 Å². The van der Waals surface area contributed by atoms with Gasteiger partial charge < -0.3 is 0 Å². The van der Waals surface area contributed by atoms with Gasteiger partial charge in [0.1, 0.15) is 23.3 Å². The molecule has 0 spiro atoms. The van der Waals surface area contributed by atoms with E-state index in [0.717, 1.165) is 18.2 Å². The molecule has 0 aliphatic rings. The Morgan fingerprint density at radius 3 is 2.26 bits per heavy atom. The summed E-state index contributed by atoms with van der Waals surface area (Å²) in [6.07, 6.45) is -4.64. The summed E-state index contributed by atoms with van der Waals surface area (Å²) in [7, 11) is 0. The van der Waals surface area contributed by atoms with Crippen LogP contribution in [0.2, 0.25) is 0 Å². The highest BCUT2D eigenvalue weighted by molar-refractivity contribution is 5.69. The summed E-state index contributed by atoms with van der Waals surface area (Å²) < 4.78 is 51.0. The molecule has 0 fully saturated rings. The first-order valence-electron chi connectivity index (χ1n) is 5.16. The smallest absolute Gasteiger partial charge is 0.232 e. The molecule has 0 unspecified atom stereocenters. The Kier molecular flexibility index (Phi) is 3.21. The minimum absolute atomic E-state index is 0.0357. The largest absolute Gasteiger partial charge is 0.433 e. The van der Waals surface area contributed by atoms with E-state index < -0.39 is 23.4 Å². The van der Waals surface area contributed by atoms with E-state index in [2.05, 4.69) is 4.98 Å². The van der Waals surface area contributed by atoms with Crippen LogP contribution in [0.1, 0.15) is 11.4 Å². The predicted octanol–water partition coefficient (Wildman–Crippen LogP) is 3.78.